The van der Waals surface area contributed by atoms with Gasteiger partial charge in [0, 0.05) is 30.1 Å². The van der Waals surface area contributed by atoms with Crippen LogP contribution in [0.15, 0.2) is 54.7 Å². The molecule has 0 radical (unpaired) electrons. The quantitative estimate of drug-likeness (QED) is 0.727. The molecule has 0 aliphatic carbocycles. The van der Waals surface area contributed by atoms with Crippen molar-refractivity contribution >= 4 is 23.2 Å². The Hall–Kier alpha value is -3.61. The molecule has 0 bridgehead atoms. The molecular formula is C20H20N4O3. The van der Waals surface area contributed by atoms with Gasteiger partial charge in [-0.15, -0.1) is 0 Å². The van der Waals surface area contributed by atoms with E-state index in [0.717, 1.165) is 11.4 Å². The molecule has 0 saturated carbocycles. The molecule has 0 aliphatic rings. The largest absolute Gasteiger partial charge is 0.495 e. The molecule has 27 heavy (non-hydrogen) atoms. The molecule has 2 aromatic carbocycles. The zero-order chi connectivity index (χ0) is 19.4. The van der Waals surface area contributed by atoms with Crippen LogP contribution in [0, 0.1) is 6.92 Å². The fourth-order valence-corrected chi connectivity index (χ4v) is 2.68. The lowest BCUT2D eigenvalue weighted by atomic mass is 10.1. The average Bonchev–Trinajstić information content (AvgIpc) is 3.07. The number of hydrogen-bond acceptors (Lipinski definition) is 4. The van der Waals surface area contributed by atoms with Crippen molar-refractivity contribution in [2.45, 2.75) is 13.8 Å². The molecule has 0 saturated heterocycles. The van der Waals surface area contributed by atoms with Gasteiger partial charge in [0.25, 0.3) is 5.91 Å². The van der Waals surface area contributed by atoms with Crippen LogP contribution in [-0.4, -0.2) is 28.7 Å². The molecule has 1 aromatic heterocycles. The predicted octanol–water partition coefficient (Wildman–Crippen LogP) is 3.40. The number of amides is 2. The fraction of sp³-hybridized carbons (Fsp3) is 0.150. The van der Waals surface area contributed by atoms with E-state index in [1.807, 2.05) is 25.1 Å². The van der Waals surface area contributed by atoms with E-state index in [-0.39, 0.29) is 11.8 Å². The van der Waals surface area contributed by atoms with Crippen molar-refractivity contribution < 1.29 is 14.3 Å². The molecule has 138 valence electrons. The monoisotopic (exact) mass is 364 g/mol. The number of anilines is 2. The van der Waals surface area contributed by atoms with Crippen LogP contribution in [0.5, 0.6) is 5.75 Å². The van der Waals surface area contributed by atoms with Crippen LogP contribution in [0.4, 0.5) is 11.4 Å². The average molecular weight is 364 g/mol. The van der Waals surface area contributed by atoms with E-state index >= 15 is 0 Å². The molecule has 0 unspecified atom stereocenters. The Kier molecular flexibility index (Phi) is 5.21. The van der Waals surface area contributed by atoms with Gasteiger partial charge in [-0.25, -0.2) is 4.68 Å². The summed E-state index contributed by atoms with van der Waals surface area (Å²) in [6.07, 6.45) is 1.73. The molecule has 3 rings (SSSR count). The summed E-state index contributed by atoms with van der Waals surface area (Å²) >= 11 is 0. The van der Waals surface area contributed by atoms with Crippen molar-refractivity contribution in [3.63, 3.8) is 0 Å². The molecule has 3 aromatic rings. The smallest absolute Gasteiger partial charge is 0.255 e. The maximum absolute atomic E-state index is 12.6. The summed E-state index contributed by atoms with van der Waals surface area (Å²) in [4.78, 5) is 23.8. The number of rotatable bonds is 5. The van der Waals surface area contributed by atoms with E-state index in [0.29, 0.717) is 22.7 Å². The van der Waals surface area contributed by atoms with E-state index in [1.54, 1.807) is 41.2 Å². The summed E-state index contributed by atoms with van der Waals surface area (Å²) in [7, 11) is 1.52. The van der Waals surface area contributed by atoms with Gasteiger partial charge < -0.3 is 15.4 Å². The van der Waals surface area contributed by atoms with Gasteiger partial charge in [-0.2, -0.15) is 5.10 Å². The van der Waals surface area contributed by atoms with Crippen LogP contribution >= 0.6 is 0 Å². The van der Waals surface area contributed by atoms with Gasteiger partial charge in [0.05, 0.1) is 18.5 Å². The number of nitrogens with zero attached hydrogens (tertiary/aromatic N) is 2. The molecule has 1 heterocycles. The highest BCUT2D eigenvalue weighted by atomic mass is 16.5. The standard InChI is InChI=1S/C20H20N4O3/c1-13-10-11-21-24(13)17-7-4-15(5-8-17)20(26)23-18-12-16(22-14(2)25)6-9-19(18)27-3/h4-12H,1-3H3,(H,22,25)(H,23,26). The number of ether oxygens (including phenoxy) is 1. The van der Waals surface area contributed by atoms with Gasteiger partial charge in [-0.05, 0) is 55.5 Å². The first kappa shape index (κ1) is 18.2. The second kappa shape index (κ2) is 7.74. The molecule has 2 amide bonds. The summed E-state index contributed by atoms with van der Waals surface area (Å²) in [6, 6.07) is 14.1. The third kappa shape index (κ3) is 4.14. The third-order valence-electron chi connectivity index (χ3n) is 3.97. The van der Waals surface area contributed by atoms with Crippen molar-refractivity contribution in [1.29, 1.82) is 0 Å². The van der Waals surface area contributed by atoms with E-state index in [9.17, 15) is 9.59 Å². The maximum Gasteiger partial charge on any atom is 0.255 e. The van der Waals surface area contributed by atoms with Crippen molar-refractivity contribution in [2.75, 3.05) is 17.7 Å². The molecule has 0 aliphatic heterocycles. The molecular weight excluding hydrogens is 344 g/mol. The van der Waals surface area contributed by atoms with Crippen molar-refractivity contribution in [2.24, 2.45) is 0 Å². The molecule has 7 nitrogen and oxygen atoms in total. The maximum atomic E-state index is 12.6. The molecule has 0 spiro atoms. The van der Waals surface area contributed by atoms with Gasteiger partial charge in [0.15, 0.2) is 0 Å². The summed E-state index contributed by atoms with van der Waals surface area (Å²) in [5, 5.41) is 9.75. The Bertz CT molecular complexity index is 977. The van der Waals surface area contributed by atoms with Crippen molar-refractivity contribution in [3.05, 3.63) is 66.0 Å². The summed E-state index contributed by atoms with van der Waals surface area (Å²) in [6.45, 7) is 3.38. The lowest BCUT2D eigenvalue weighted by Crippen LogP contribution is -2.13. The minimum absolute atomic E-state index is 0.193. The fourth-order valence-electron chi connectivity index (χ4n) is 2.68. The van der Waals surface area contributed by atoms with Crippen molar-refractivity contribution in [1.82, 2.24) is 9.78 Å². The molecule has 2 N–H and O–H groups in total. The number of nitrogens with one attached hydrogen (secondary N) is 2. The number of aromatic nitrogens is 2. The van der Waals surface area contributed by atoms with Crippen molar-refractivity contribution in [3.8, 4) is 11.4 Å². The summed E-state index contributed by atoms with van der Waals surface area (Å²) in [5.74, 6) is 0.0280. The minimum atomic E-state index is -0.281. The van der Waals surface area contributed by atoms with E-state index < -0.39 is 0 Å². The van der Waals surface area contributed by atoms with Crippen LogP contribution in [0.3, 0.4) is 0 Å². The molecule has 0 fully saturated rings. The highest BCUT2D eigenvalue weighted by Crippen LogP contribution is 2.28. The topological polar surface area (TPSA) is 85.3 Å². The Balaban J connectivity index is 1.80. The van der Waals surface area contributed by atoms with Crippen LogP contribution in [0.25, 0.3) is 5.69 Å². The second-order valence-electron chi connectivity index (χ2n) is 5.98. The number of methoxy groups -OCH3 is 1. The number of carbonyl (C=O) groups is 2. The van der Waals surface area contributed by atoms with Gasteiger partial charge in [-0.1, -0.05) is 0 Å². The lowest BCUT2D eigenvalue weighted by Gasteiger charge is -2.13. The predicted molar refractivity (Wildman–Crippen MR) is 104 cm³/mol. The minimum Gasteiger partial charge on any atom is -0.495 e. The van der Waals surface area contributed by atoms with E-state index in [2.05, 4.69) is 15.7 Å². The first-order valence-electron chi connectivity index (χ1n) is 8.36. The first-order chi connectivity index (χ1) is 13.0. The number of hydrogen-bond donors (Lipinski definition) is 2. The van der Waals surface area contributed by atoms with Gasteiger partial charge in [0.1, 0.15) is 5.75 Å². The second-order valence-corrected chi connectivity index (χ2v) is 5.98. The molecule has 7 heteroatoms. The summed E-state index contributed by atoms with van der Waals surface area (Å²) < 4.78 is 7.08. The zero-order valence-electron chi connectivity index (χ0n) is 15.3. The highest BCUT2D eigenvalue weighted by molar-refractivity contribution is 6.05. The number of aryl methyl sites for hydroxylation is 1. The first-order valence-corrected chi connectivity index (χ1v) is 8.36. The van der Waals surface area contributed by atoms with Gasteiger partial charge >= 0.3 is 0 Å². The van der Waals surface area contributed by atoms with Crippen LogP contribution in [0.1, 0.15) is 23.0 Å². The summed E-state index contributed by atoms with van der Waals surface area (Å²) in [5.41, 5.74) is 3.42. The SMILES string of the molecule is COc1ccc(NC(C)=O)cc1NC(=O)c1ccc(-n2nccc2C)cc1. The zero-order valence-corrected chi connectivity index (χ0v) is 15.3. The van der Waals surface area contributed by atoms with Crippen LogP contribution in [-0.2, 0) is 4.79 Å². The highest BCUT2D eigenvalue weighted by Gasteiger charge is 2.12. The lowest BCUT2D eigenvalue weighted by molar-refractivity contribution is -0.114. The third-order valence-corrected chi connectivity index (χ3v) is 3.97. The number of benzene rings is 2. The Morgan fingerprint density at radius 2 is 1.78 bits per heavy atom. The Labute approximate surface area is 157 Å². The van der Waals surface area contributed by atoms with E-state index in [1.165, 1.54) is 14.0 Å². The van der Waals surface area contributed by atoms with Gasteiger partial charge in [0.2, 0.25) is 5.91 Å². The Morgan fingerprint density at radius 1 is 1.04 bits per heavy atom. The number of carbonyl (C=O) groups excluding carboxylic acids is 2. The van der Waals surface area contributed by atoms with Crippen LogP contribution in [0.2, 0.25) is 0 Å². The van der Waals surface area contributed by atoms with Crippen LogP contribution < -0.4 is 15.4 Å². The normalized spacial score (nSPS) is 10.3. The molecule has 0 atom stereocenters. The Morgan fingerprint density at radius 3 is 2.37 bits per heavy atom. The van der Waals surface area contributed by atoms with Gasteiger partial charge in [-0.3, -0.25) is 9.59 Å². The van der Waals surface area contributed by atoms with E-state index in [4.69, 9.17) is 4.74 Å².